The van der Waals surface area contributed by atoms with Crippen molar-refractivity contribution in [1.29, 1.82) is 0 Å². The van der Waals surface area contributed by atoms with Crippen LogP contribution in [0.15, 0.2) is 146 Å². The van der Waals surface area contributed by atoms with Crippen molar-refractivity contribution in [2.45, 2.75) is 20.0 Å². The number of fused-ring (bicyclic) bond motifs is 3. The van der Waals surface area contributed by atoms with E-state index in [1.807, 2.05) is 48.5 Å². The molecule has 0 atom stereocenters. The summed E-state index contributed by atoms with van der Waals surface area (Å²) in [6.07, 6.45) is -4.42. The molecule has 2 heterocycles. The predicted molar refractivity (Wildman–Crippen MR) is 190 cm³/mol. The summed E-state index contributed by atoms with van der Waals surface area (Å²) in [7, 11) is 0. The lowest BCUT2D eigenvalue weighted by molar-refractivity contribution is -0.137. The van der Waals surface area contributed by atoms with Crippen molar-refractivity contribution in [3.8, 4) is 22.4 Å². The van der Waals surface area contributed by atoms with Crippen molar-refractivity contribution in [1.82, 2.24) is 4.98 Å². The molecule has 0 N–H and O–H groups in total. The number of halogens is 3. The molecular weight excluding hydrogens is 603 g/mol. The van der Waals surface area contributed by atoms with Gasteiger partial charge in [0.05, 0.1) is 45.2 Å². The summed E-state index contributed by atoms with van der Waals surface area (Å²) in [6.45, 7) is 4.13. The number of rotatable bonds is 4. The average molecular weight is 634 g/mol. The molecule has 3 nitrogen and oxygen atoms in total. The largest absolute Gasteiger partial charge is 0.416 e. The number of benzene rings is 6. The van der Waals surface area contributed by atoms with Crippen molar-refractivity contribution in [3.63, 3.8) is 0 Å². The van der Waals surface area contributed by atoms with Crippen LogP contribution in [0.3, 0.4) is 0 Å². The van der Waals surface area contributed by atoms with Crippen molar-refractivity contribution < 1.29 is 13.2 Å². The van der Waals surface area contributed by atoms with Crippen LogP contribution in [0.25, 0.3) is 33.3 Å². The van der Waals surface area contributed by atoms with Crippen LogP contribution in [0.1, 0.15) is 16.7 Å². The number of hydrogen-bond acceptors (Lipinski definition) is 3. The fourth-order valence-corrected chi connectivity index (χ4v) is 6.67. The zero-order valence-corrected chi connectivity index (χ0v) is 26.3. The van der Waals surface area contributed by atoms with Crippen molar-refractivity contribution in [2.24, 2.45) is 0 Å². The smallest absolute Gasteiger partial charge is 0.306 e. The molecule has 0 aliphatic carbocycles. The molecule has 0 fully saturated rings. The van der Waals surface area contributed by atoms with E-state index >= 15 is 0 Å². The minimum atomic E-state index is -4.42. The zero-order chi connectivity index (χ0) is 33.0. The van der Waals surface area contributed by atoms with Gasteiger partial charge in [-0.2, -0.15) is 13.2 Å². The van der Waals surface area contributed by atoms with E-state index < -0.39 is 11.7 Å². The van der Waals surface area contributed by atoms with Crippen LogP contribution in [0.2, 0.25) is 0 Å². The molecule has 48 heavy (non-hydrogen) atoms. The first-order chi connectivity index (χ1) is 23.3. The van der Waals surface area contributed by atoms with E-state index in [1.165, 1.54) is 12.1 Å². The average Bonchev–Trinajstić information content (AvgIpc) is 3.11. The van der Waals surface area contributed by atoms with Crippen molar-refractivity contribution in [3.05, 3.63) is 162 Å². The number of hydrogen-bond donors (Lipinski definition) is 0. The molecule has 1 aromatic heterocycles. The Kier molecular flexibility index (Phi) is 7.02. The number of para-hydroxylation sites is 5. The normalized spacial score (nSPS) is 12.6. The van der Waals surface area contributed by atoms with Gasteiger partial charge < -0.3 is 9.80 Å². The van der Waals surface area contributed by atoms with E-state index in [0.29, 0.717) is 11.3 Å². The van der Waals surface area contributed by atoms with E-state index in [-0.39, 0.29) is 0 Å². The highest BCUT2D eigenvalue weighted by atomic mass is 19.4. The summed E-state index contributed by atoms with van der Waals surface area (Å²) >= 11 is 0. The summed E-state index contributed by atoms with van der Waals surface area (Å²) in [5, 5.41) is 0.993. The van der Waals surface area contributed by atoms with E-state index in [2.05, 4.69) is 96.4 Å². The quantitative estimate of drug-likeness (QED) is 0.192. The number of nitrogens with zero attached hydrogens (tertiary/aromatic N) is 3. The van der Waals surface area contributed by atoms with Gasteiger partial charge in [0.2, 0.25) is 0 Å². The van der Waals surface area contributed by atoms with Crippen molar-refractivity contribution in [2.75, 3.05) is 9.80 Å². The molecule has 234 valence electrons. The number of aryl methyl sites for hydroxylation is 2. The second-order valence-electron chi connectivity index (χ2n) is 12.1. The molecule has 6 heteroatoms. The lowest BCUT2D eigenvalue weighted by Gasteiger charge is -2.40. The Hall–Kier alpha value is -5.88. The highest BCUT2D eigenvalue weighted by Crippen LogP contribution is 2.55. The van der Waals surface area contributed by atoms with Crippen LogP contribution in [0.4, 0.5) is 47.3 Å². The standard InChI is InChI=1S/C42H30F3N3/c1-27-16-19-29(20-17-27)33-26-34(30-21-23-31(24-22-30)42(43,44)45)46-41-39(25-18-28(2)40(33)41)48-37-14-8-6-12-35(37)47(32-10-4-3-5-11-32)36-13-7-9-15-38(36)48/h3-26H,1-2H3. The first-order valence-corrected chi connectivity index (χ1v) is 15.8. The van der Waals surface area contributed by atoms with E-state index in [4.69, 9.17) is 4.98 Å². The fourth-order valence-electron chi connectivity index (χ4n) is 6.67. The molecule has 0 saturated carbocycles. The molecule has 8 rings (SSSR count). The third-order valence-corrected chi connectivity index (χ3v) is 9.00. The number of alkyl halides is 3. The summed E-state index contributed by atoms with van der Waals surface area (Å²) in [5.41, 5.74) is 11.4. The maximum absolute atomic E-state index is 13.5. The predicted octanol–water partition coefficient (Wildman–Crippen LogP) is 12.5. The molecule has 0 unspecified atom stereocenters. The lowest BCUT2D eigenvalue weighted by Crippen LogP contribution is -2.24. The molecule has 0 saturated heterocycles. The summed E-state index contributed by atoms with van der Waals surface area (Å²) in [5.74, 6) is 0. The van der Waals surface area contributed by atoms with Gasteiger partial charge in [-0.3, -0.25) is 0 Å². The van der Waals surface area contributed by atoms with E-state index in [0.717, 1.165) is 79.4 Å². The Labute approximate surface area is 277 Å². The topological polar surface area (TPSA) is 19.4 Å². The van der Waals surface area contributed by atoms with Gasteiger partial charge in [-0.15, -0.1) is 0 Å². The molecule has 0 spiro atoms. The van der Waals surface area contributed by atoms with Crippen LogP contribution < -0.4 is 9.80 Å². The van der Waals surface area contributed by atoms with Gasteiger partial charge in [-0.25, -0.2) is 4.98 Å². The van der Waals surface area contributed by atoms with Gasteiger partial charge in [0.1, 0.15) is 0 Å². The van der Waals surface area contributed by atoms with Gasteiger partial charge in [0.15, 0.2) is 0 Å². The second kappa shape index (κ2) is 11.4. The SMILES string of the molecule is Cc1ccc(-c2cc(-c3ccc(C(F)(F)F)cc3)nc3c(N4c5ccccc5N(c5ccccc5)c5ccccc54)ccc(C)c23)cc1. The monoisotopic (exact) mass is 633 g/mol. The van der Waals surface area contributed by atoms with Crippen LogP contribution >= 0.6 is 0 Å². The Balaban J connectivity index is 1.42. The Morgan fingerprint density at radius 1 is 0.521 bits per heavy atom. The van der Waals surface area contributed by atoms with E-state index in [9.17, 15) is 13.2 Å². The summed E-state index contributed by atoms with van der Waals surface area (Å²) < 4.78 is 40.5. The molecular formula is C42H30F3N3. The summed E-state index contributed by atoms with van der Waals surface area (Å²) in [6, 6.07) is 46.8. The third kappa shape index (κ3) is 4.97. The Morgan fingerprint density at radius 2 is 1.06 bits per heavy atom. The molecule has 7 aromatic rings. The van der Waals surface area contributed by atoms with Crippen LogP contribution in [-0.4, -0.2) is 4.98 Å². The van der Waals surface area contributed by atoms with Gasteiger partial charge in [-0.1, -0.05) is 90.5 Å². The lowest BCUT2D eigenvalue weighted by atomic mass is 9.93. The second-order valence-corrected chi connectivity index (χ2v) is 12.1. The maximum Gasteiger partial charge on any atom is 0.416 e. The minimum Gasteiger partial charge on any atom is -0.306 e. The molecule has 1 aliphatic rings. The number of anilines is 6. The Morgan fingerprint density at radius 3 is 1.65 bits per heavy atom. The highest BCUT2D eigenvalue weighted by Gasteiger charge is 2.32. The van der Waals surface area contributed by atoms with Crippen LogP contribution in [0.5, 0.6) is 0 Å². The number of aromatic nitrogens is 1. The molecule has 0 bridgehead atoms. The maximum atomic E-state index is 13.5. The zero-order valence-electron chi connectivity index (χ0n) is 26.3. The first kappa shape index (κ1) is 29.5. The number of pyridine rings is 1. The van der Waals surface area contributed by atoms with Crippen LogP contribution in [0, 0.1) is 13.8 Å². The molecule has 0 amide bonds. The summed E-state index contributed by atoms with van der Waals surface area (Å²) in [4.78, 5) is 9.80. The van der Waals surface area contributed by atoms with Gasteiger partial charge in [-0.05, 0) is 91.2 Å². The van der Waals surface area contributed by atoms with Crippen molar-refractivity contribution >= 4 is 45.0 Å². The van der Waals surface area contributed by atoms with Gasteiger partial charge >= 0.3 is 6.18 Å². The van der Waals surface area contributed by atoms with Gasteiger partial charge in [0.25, 0.3) is 0 Å². The minimum absolute atomic E-state index is 0.600. The molecule has 6 aromatic carbocycles. The Bertz CT molecular complexity index is 2250. The van der Waals surface area contributed by atoms with Gasteiger partial charge in [0, 0.05) is 16.6 Å². The first-order valence-electron chi connectivity index (χ1n) is 15.8. The highest BCUT2D eigenvalue weighted by molar-refractivity contribution is 6.10. The van der Waals surface area contributed by atoms with E-state index in [1.54, 1.807) is 0 Å². The molecule has 1 aliphatic heterocycles. The molecule has 0 radical (unpaired) electrons. The van der Waals surface area contributed by atoms with Crippen LogP contribution in [-0.2, 0) is 6.18 Å². The third-order valence-electron chi connectivity index (χ3n) is 9.00. The fraction of sp³-hybridized carbons (Fsp3) is 0.0714.